The zero-order chi connectivity index (χ0) is 30.3. The van der Waals surface area contributed by atoms with Gasteiger partial charge in [-0.3, -0.25) is 9.59 Å². The molecule has 3 N–H and O–H groups in total. The van der Waals surface area contributed by atoms with Crippen molar-refractivity contribution < 1.29 is 32.6 Å². The summed E-state index contributed by atoms with van der Waals surface area (Å²) in [6, 6.07) is 10.8. The Morgan fingerprint density at radius 1 is 1.12 bits per heavy atom. The summed E-state index contributed by atoms with van der Waals surface area (Å²) in [6.07, 6.45) is -3.96. The van der Waals surface area contributed by atoms with E-state index >= 15 is 0 Å². The van der Waals surface area contributed by atoms with Gasteiger partial charge in [-0.05, 0) is 57.4 Å². The quantitative estimate of drug-likeness (QED) is 0.258. The molecule has 0 saturated heterocycles. The minimum atomic E-state index is -4.55. The molecule has 2 aromatic carbocycles. The van der Waals surface area contributed by atoms with E-state index < -0.39 is 24.2 Å². The van der Waals surface area contributed by atoms with E-state index in [9.17, 15) is 27.9 Å². The number of aromatic nitrogens is 2. The van der Waals surface area contributed by atoms with Crippen molar-refractivity contribution in [3.05, 3.63) is 70.6 Å². The fourth-order valence-corrected chi connectivity index (χ4v) is 4.50. The summed E-state index contributed by atoms with van der Waals surface area (Å²) in [4.78, 5) is 29.1. The molecule has 2 amide bonds. The van der Waals surface area contributed by atoms with Crippen molar-refractivity contribution in [3.63, 3.8) is 0 Å². The topological polar surface area (TPSA) is 105 Å². The second kappa shape index (κ2) is 13.9. The van der Waals surface area contributed by atoms with Crippen LogP contribution in [0.5, 0.6) is 5.75 Å². The van der Waals surface area contributed by atoms with Gasteiger partial charge in [-0.1, -0.05) is 35.9 Å². The van der Waals surface area contributed by atoms with E-state index in [1.807, 2.05) is 48.9 Å². The number of benzene rings is 2. The van der Waals surface area contributed by atoms with Gasteiger partial charge in [0.15, 0.2) is 6.10 Å². The lowest BCUT2D eigenvalue weighted by Gasteiger charge is -2.20. The van der Waals surface area contributed by atoms with Crippen molar-refractivity contribution >= 4 is 23.4 Å². The zero-order valence-corrected chi connectivity index (χ0v) is 24.0. The number of hydrogen-bond donors (Lipinski definition) is 3. The lowest BCUT2D eigenvalue weighted by atomic mass is 10.0. The first-order valence-electron chi connectivity index (χ1n) is 13.2. The number of carbonyl (C=O) groups excluding carboxylic acids is 2. The minimum absolute atomic E-state index is 0.122. The third-order valence-corrected chi connectivity index (χ3v) is 6.75. The third-order valence-electron chi connectivity index (χ3n) is 6.46. The summed E-state index contributed by atoms with van der Waals surface area (Å²) < 4.78 is 45.3. The molecule has 0 aliphatic heterocycles. The Kier molecular flexibility index (Phi) is 10.8. The maximum Gasteiger partial charge on any atom is 0.425 e. The Balaban J connectivity index is 1.69. The number of amides is 2. The Morgan fingerprint density at radius 2 is 1.80 bits per heavy atom. The lowest BCUT2D eigenvalue weighted by Crippen LogP contribution is -2.37. The van der Waals surface area contributed by atoms with Gasteiger partial charge in [0.2, 0.25) is 5.91 Å². The predicted octanol–water partition coefficient (Wildman–Crippen LogP) is 5.47. The monoisotopic (exact) mass is 594 g/mol. The van der Waals surface area contributed by atoms with Gasteiger partial charge < -0.3 is 25.0 Å². The molecule has 0 aliphatic carbocycles. The van der Waals surface area contributed by atoms with Crippen LogP contribution in [0.25, 0.3) is 11.3 Å². The van der Waals surface area contributed by atoms with E-state index in [2.05, 4.69) is 10.6 Å². The molecule has 3 rings (SSSR count). The van der Waals surface area contributed by atoms with E-state index in [1.165, 1.54) is 25.1 Å². The van der Waals surface area contributed by atoms with Crippen molar-refractivity contribution in [1.82, 2.24) is 20.2 Å². The van der Waals surface area contributed by atoms with Crippen molar-refractivity contribution in [1.29, 1.82) is 0 Å². The Morgan fingerprint density at radius 3 is 2.37 bits per heavy atom. The molecule has 2 unspecified atom stereocenters. The smallest absolute Gasteiger partial charge is 0.425 e. The molecule has 1 aromatic heterocycles. The fraction of sp³-hybridized carbons (Fsp3) is 0.414. The summed E-state index contributed by atoms with van der Waals surface area (Å²) in [5.41, 5.74) is 2.71. The van der Waals surface area contributed by atoms with Crippen LogP contribution < -0.4 is 15.4 Å². The van der Waals surface area contributed by atoms with E-state index in [-0.39, 0.29) is 41.3 Å². The van der Waals surface area contributed by atoms with Gasteiger partial charge in [0, 0.05) is 43.4 Å². The van der Waals surface area contributed by atoms with Crippen molar-refractivity contribution in [2.75, 3.05) is 6.61 Å². The fourth-order valence-electron chi connectivity index (χ4n) is 4.28. The summed E-state index contributed by atoms with van der Waals surface area (Å²) in [5, 5.41) is 15.1. The molecule has 222 valence electrons. The first-order valence-corrected chi connectivity index (χ1v) is 13.6. The molecular weight excluding hydrogens is 561 g/mol. The molecule has 0 fully saturated rings. The van der Waals surface area contributed by atoms with Crippen LogP contribution >= 0.6 is 11.6 Å². The van der Waals surface area contributed by atoms with E-state index in [0.717, 1.165) is 29.6 Å². The standard InChI is InChI=1S/C29H34ClF3N4O4/c1-5-37-16-25(36-27(37)17(2)34-19(4)39)21-8-6-20(7-9-21)14-23(12-13-38)35-28(40)22-10-11-26(24(30)15-22)41-18(3)29(31,32)33/h6-11,15-18,23,38H,5,12-14H2,1-4H3,(H,34,39)(H,35,40)/t17-,18?,23?/m1/s1. The number of rotatable bonds is 12. The SMILES string of the molecule is CCn1cc(-c2ccc(CC(CCO)NC(=O)c3ccc(OC(C)C(F)(F)F)c(Cl)c3)cc2)nc1[C@@H](C)NC(C)=O. The molecular formula is C29H34ClF3N4O4. The van der Waals surface area contributed by atoms with Gasteiger partial charge in [-0.25, -0.2) is 4.98 Å². The highest BCUT2D eigenvalue weighted by atomic mass is 35.5. The number of aliphatic hydroxyl groups is 1. The second-order valence-electron chi connectivity index (χ2n) is 9.72. The van der Waals surface area contributed by atoms with Crippen LogP contribution in [-0.2, 0) is 17.8 Å². The zero-order valence-electron chi connectivity index (χ0n) is 23.3. The average Bonchev–Trinajstić information content (AvgIpc) is 3.34. The van der Waals surface area contributed by atoms with Crippen LogP contribution in [0, 0.1) is 0 Å². The predicted molar refractivity (Wildman–Crippen MR) is 150 cm³/mol. The van der Waals surface area contributed by atoms with Crippen molar-refractivity contribution in [2.24, 2.45) is 0 Å². The van der Waals surface area contributed by atoms with Gasteiger partial charge in [-0.2, -0.15) is 13.2 Å². The summed E-state index contributed by atoms with van der Waals surface area (Å²) >= 11 is 6.08. The molecule has 0 radical (unpaired) electrons. The molecule has 0 aliphatic rings. The number of ether oxygens (including phenoxy) is 1. The second-order valence-corrected chi connectivity index (χ2v) is 10.1. The minimum Gasteiger partial charge on any atom is -0.480 e. The first kappa shape index (κ1) is 32.0. The Bertz CT molecular complexity index is 1340. The number of carbonyl (C=O) groups is 2. The number of nitrogens with zero attached hydrogens (tertiary/aromatic N) is 2. The first-order chi connectivity index (χ1) is 19.3. The molecule has 0 bridgehead atoms. The summed E-state index contributed by atoms with van der Waals surface area (Å²) in [5.74, 6) is -0.0471. The highest BCUT2D eigenvalue weighted by Gasteiger charge is 2.38. The van der Waals surface area contributed by atoms with Crippen molar-refractivity contribution in [2.45, 2.75) is 71.4 Å². The van der Waals surface area contributed by atoms with Crippen LogP contribution in [0.3, 0.4) is 0 Å². The number of hydrogen-bond acceptors (Lipinski definition) is 5. The molecule has 12 heteroatoms. The lowest BCUT2D eigenvalue weighted by molar-refractivity contribution is -0.189. The van der Waals surface area contributed by atoms with Crippen LogP contribution in [-0.4, -0.2) is 51.4 Å². The molecule has 1 heterocycles. The average molecular weight is 595 g/mol. The van der Waals surface area contributed by atoms with Crippen LogP contribution in [0.1, 0.15) is 61.9 Å². The van der Waals surface area contributed by atoms with Crippen molar-refractivity contribution in [3.8, 4) is 17.0 Å². The number of halogens is 4. The maximum atomic E-state index is 12.9. The normalized spacial score (nSPS) is 13.8. The highest BCUT2D eigenvalue weighted by molar-refractivity contribution is 6.32. The number of imidazole rings is 1. The summed E-state index contributed by atoms with van der Waals surface area (Å²) in [7, 11) is 0. The Labute approximate surface area is 241 Å². The summed E-state index contributed by atoms with van der Waals surface area (Å²) in [6.45, 7) is 6.75. The molecule has 41 heavy (non-hydrogen) atoms. The largest absolute Gasteiger partial charge is 0.480 e. The van der Waals surface area contributed by atoms with Crippen LogP contribution in [0.2, 0.25) is 5.02 Å². The number of aryl methyl sites for hydroxylation is 1. The number of alkyl halides is 3. The van der Waals surface area contributed by atoms with Gasteiger partial charge in [-0.15, -0.1) is 0 Å². The third kappa shape index (κ3) is 8.71. The molecule has 0 spiro atoms. The number of nitrogens with one attached hydrogen (secondary N) is 2. The number of aliphatic hydroxyl groups excluding tert-OH is 1. The molecule has 3 atom stereocenters. The highest BCUT2D eigenvalue weighted by Crippen LogP contribution is 2.31. The van der Waals surface area contributed by atoms with Crippen LogP contribution in [0.4, 0.5) is 13.2 Å². The van der Waals surface area contributed by atoms with Gasteiger partial charge >= 0.3 is 6.18 Å². The molecule has 0 saturated carbocycles. The van der Waals surface area contributed by atoms with E-state index in [4.69, 9.17) is 21.3 Å². The van der Waals surface area contributed by atoms with Gasteiger partial charge in [0.25, 0.3) is 5.91 Å². The molecule has 8 nitrogen and oxygen atoms in total. The van der Waals surface area contributed by atoms with E-state index in [1.54, 1.807) is 0 Å². The molecule has 3 aromatic rings. The Hall–Kier alpha value is -3.57. The van der Waals surface area contributed by atoms with Gasteiger partial charge in [0.05, 0.1) is 16.8 Å². The van der Waals surface area contributed by atoms with Crippen LogP contribution in [0.15, 0.2) is 48.7 Å². The van der Waals surface area contributed by atoms with Gasteiger partial charge in [0.1, 0.15) is 11.6 Å². The van der Waals surface area contributed by atoms with E-state index in [0.29, 0.717) is 13.0 Å². The maximum absolute atomic E-state index is 12.9.